The van der Waals surface area contributed by atoms with Gasteiger partial charge in [0.25, 0.3) is 0 Å². The molecule has 0 unspecified atom stereocenters. The molecule has 0 aromatic rings. The van der Waals surface area contributed by atoms with Crippen molar-refractivity contribution in [3.8, 4) is 0 Å². The van der Waals surface area contributed by atoms with E-state index in [1.54, 1.807) is 0 Å². The van der Waals surface area contributed by atoms with Crippen LogP contribution in [-0.2, 0) is 19.9 Å². The second kappa shape index (κ2) is 21.4. The monoisotopic (exact) mass is 378 g/mol. The van der Waals surface area contributed by atoms with E-state index in [9.17, 15) is 4.79 Å². The van der Waals surface area contributed by atoms with Gasteiger partial charge in [0.05, 0.1) is 6.61 Å². The first-order valence-electron chi connectivity index (χ1n) is 8.66. The summed E-state index contributed by atoms with van der Waals surface area (Å²) < 4.78 is 36.7. The molecule has 0 saturated carbocycles. The van der Waals surface area contributed by atoms with E-state index in [4.69, 9.17) is 22.3 Å². The van der Waals surface area contributed by atoms with Crippen molar-refractivity contribution in [1.82, 2.24) is 0 Å². The van der Waals surface area contributed by atoms with Crippen LogP contribution in [0, 0.1) is 0 Å². The summed E-state index contributed by atoms with van der Waals surface area (Å²) in [6.07, 6.45) is 14.6. The van der Waals surface area contributed by atoms with Crippen LogP contribution in [-0.4, -0.2) is 30.1 Å². The van der Waals surface area contributed by atoms with Gasteiger partial charge in [0, 0.05) is 6.42 Å². The van der Waals surface area contributed by atoms with E-state index >= 15 is 0 Å². The van der Waals surface area contributed by atoms with E-state index in [2.05, 4.69) is 6.92 Å². The van der Waals surface area contributed by atoms with E-state index in [0.29, 0.717) is 13.0 Å². The number of hydrogen-bond donors (Lipinski definition) is 2. The fraction of sp³-hybridized carbons (Fsp3) is 0.938. The molecule has 24 heavy (non-hydrogen) atoms. The second-order valence-electron chi connectivity index (χ2n) is 5.60. The molecule has 0 atom stereocenters. The minimum atomic E-state index is -4.67. The Morgan fingerprint density at radius 1 is 0.833 bits per heavy atom. The van der Waals surface area contributed by atoms with Crippen molar-refractivity contribution in [3.05, 3.63) is 0 Å². The first kappa shape index (κ1) is 29.1. The summed E-state index contributed by atoms with van der Waals surface area (Å²) in [5.74, 6) is -0.0339. The molecule has 0 saturated heterocycles. The smallest absolute Gasteiger partial charge is 1.00 e. The molecule has 0 fully saturated rings. The standard InChI is InChI=1S/C16H32O2.Na.H2O4S.H/c1-3-5-6-7-8-9-10-11-12-13-15-18-16(17)14-4-2;;1-5(2,3)4;/h3-15H2,1-2H3;;(H2,1,2,3,4);/q;+1;;-1. The first-order chi connectivity index (χ1) is 10.8. The number of rotatable bonds is 13. The van der Waals surface area contributed by atoms with Gasteiger partial charge in [-0.1, -0.05) is 71.6 Å². The van der Waals surface area contributed by atoms with Crippen LogP contribution in [0.4, 0.5) is 0 Å². The molecule has 0 aliphatic rings. The van der Waals surface area contributed by atoms with Gasteiger partial charge in [-0.2, -0.15) is 8.42 Å². The van der Waals surface area contributed by atoms with Crippen molar-refractivity contribution in [2.24, 2.45) is 0 Å². The molecule has 0 rings (SSSR count). The van der Waals surface area contributed by atoms with Gasteiger partial charge >= 0.3 is 45.9 Å². The van der Waals surface area contributed by atoms with Crippen LogP contribution >= 0.6 is 0 Å². The van der Waals surface area contributed by atoms with Crippen molar-refractivity contribution in [3.63, 3.8) is 0 Å². The van der Waals surface area contributed by atoms with Gasteiger partial charge in [-0.3, -0.25) is 13.9 Å². The van der Waals surface area contributed by atoms with Crippen molar-refractivity contribution in [1.29, 1.82) is 0 Å². The van der Waals surface area contributed by atoms with E-state index in [1.807, 2.05) is 6.92 Å². The quantitative estimate of drug-likeness (QED) is 0.219. The van der Waals surface area contributed by atoms with Gasteiger partial charge in [-0.25, -0.2) is 0 Å². The van der Waals surface area contributed by atoms with E-state index in [-0.39, 0.29) is 37.0 Å². The summed E-state index contributed by atoms with van der Waals surface area (Å²) >= 11 is 0. The minimum absolute atomic E-state index is 0. The van der Waals surface area contributed by atoms with Gasteiger partial charge in [-0.05, 0) is 12.8 Å². The van der Waals surface area contributed by atoms with Crippen molar-refractivity contribution in [2.75, 3.05) is 6.61 Å². The predicted molar refractivity (Wildman–Crippen MR) is 93.0 cm³/mol. The van der Waals surface area contributed by atoms with Crippen LogP contribution in [0.5, 0.6) is 0 Å². The summed E-state index contributed by atoms with van der Waals surface area (Å²) in [6, 6.07) is 0. The molecule has 2 N–H and O–H groups in total. The molecule has 0 amide bonds. The Bertz CT molecular complexity index is 358. The minimum Gasteiger partial charge on any atom is -1.00 e. The fourth-order valence-electron chi connectivity index (χ4n) is 2.05. The molecule has 0 radical (unpaired) electrons. The molecular weight excluding hydrogens is 343 g/mol. The maximum absolute atomic E-state index is 11.1. The third-order valence-electron chi connectivity index (χ3n) is 3.22. The van der Waals surface area contributed by atoms with Crippen LogP contribution in [0.2, 0.25) is 0 Å². The van der Waals surface area contributed by atoms with Crippen LogP contribution in [0.15, 0.2) is 0 Å². The maximum atomic E-state index is 11.1. The molecule has 6 nitrogen and oxygen atoms in total. The third-order valence-corrected chi connectivity index (χ3v) is 3.22. The van der Waals surface area contributed by atoms with Gasteiger partial charge < -0.3 is 6.16 Å². The normalized spacial score (nSPS) is 10.3. The molecular formula is C16H35NaO6S. The summed E-state index contributed by atoms with van der Waals surface area (Å²) in [5, 5.41) is 0. The molecule has 8 heteroatoms. The molecule has 0 aromatic heterocycles. The Kier molecular flexibility index (Phi) is 25.9. The van der Waals surface area contributed by atoms with Crippen LogP contribution in [0.1, 0.15) is 92.3 Å². The zero-order valence-corrected chi connectivity index (χ0v) is 18.4. The molecule has 0 bridgehead atoms. The number of carbonyl (C=O) groups excluding carboxylic acids is 1. The van der Waals surface area contributed by atoms with Crippen LogP contribution in [0.25, 0.3) is 0 Å². The van der Waals surface area contributed by atoms with Crippen LogP contribution in [0.3, 0.4) is 0 Å². The van der Waals surface area contributed by atoms with Gasteiger partial charge in [0.15, 0.2) is 0 Å². The molecule has 142 valence electrons. The largest absolute Gasteiger partial charge is 1.00 e. The van der Waals surface area contributed by atoms with E-state index in [0.717, 1.165) is 12.8 Å². The Morgan fingerprint density at radius 2 is 1.21 bits per heavy atom. The van der Waals surface area contributed by atoms with Crippen LogP contribution < -0.4 is 29.6 Å². The van der Waals surface area contributed by atoms with E-state index in [1.165, 1.54) is 57.8 Å². The molecule has 0 aliphatic carbocycles. The number of ether oxygens (including phenoxy) is 1. The SMILES string of the molecule is CCCCCCCCCCCCOC(=O)CCC.O=S(=O)(O)O.[H-].[Na+]. The summed E-state index contributed by atoms with van der Waals surface area (Å²) in [5.41, 5.74) is 0. The number of esters is 1. The summed E-state index contributed by atoms with van der Waals surface area (Å²) in [6.45, 7) is 4.88. The fourth-order valence-corrected chi connectivity index (χ4v) is 2.05. The molecule has 0 heterocycles. The summed E-state index contributed by atoms with van der Waals surface area (Å²) in [7, 11) is -4.67. The Balaban J connectivity index is -0.000000276. The molecule has 0 spiro atoms. The van der Waals surface area contributed by atoms with Crippen molar-refractivity contribution < 1.29 is 58.0 Å². The van der Waals surface area contributed by atoms with Gasteiger partial charge in [0.1, 0.15) is 0 Å². The van der Waals surface area contributed by atoms with Crippen molar-refractivity contribution >= 4 is 16.4 Å². The summed E-state index contributed by atoms with van der Waals surface area (Å²) in [4.78, 5) is 11.1. The first-order valence-corrected chi connectivity index (χ1v) is 10.1. The zero-order valence-electron chi connectivity index (χ0n) is 16.6. The van der Waals surface area contributed by atoms with E-state index < -0.39 is 10.4 Å². The maximum Gasteiger partial charge on any atom is 1.00 e. The molecule has 0 aliphatic heterocycles. The topological polar surface area (TPSA) is 101 Å². The average molecular weight is 379 g/mol. The molecule has 0 aromatic carbocycles. The number of carbonyl (C=O) groups is 1. The van der Waals surface area contributed by atoms with Crippen molar-refractivity contribution in [2.45, 2.75) is 90.9 Å². The zero-order chi connectivity index (χ0) is 18.0. The second-order valence-corrected chi connectivity index (χ2v) is 6.50. The van der Waals surface area contributed by atoms with Gasteiger partial charge in [0.2, 0.25) is 0 Å². The Morgan fingerprint density at radius 3 is 1.58 bits per heavy atom. The third kappa shape index (κ3) is 38.1. The Hall–Kier alpha value is 0.340. The average Bonchev–Trinajstić information content (AvgIpc) is 2.43. The Labute approximate surface area is 171 Å². The van der Waals surface area contributed by atoms with Gasteiger partial charge in [-0.15, -0.1) is 0 Å². The number of hydrogen-bond acceptors (Lipinski definition) is 4. The predicted octanol–water partition coefficient (Wildman–Crippen LogP) is 1.71. The number of unbranched alkanes of at least 4 members (excludes halogenated alkanes) is 9.